The molecule has 4 aliphatic carbocycles. The minimum Gasteiger partial charge on any atom is -0.490 e. The Kier molecular flexibility index (Phi) is 11.2. The van der Waals surface area contributed by atoms with E-state index in [1.807, 2.05) is 19.1 Å². The predicted octanol–water partition coefficient (Wildman–Crippen LogP) is 7.70. The number of sulfone groups is 1. The Balaban J connectivity index is 0.000000277. The Labute approximate surface area is 272 Å². The minimum absolute atomic E-state index is 0.0660. The molecule has 0 spiro atoms. The average molecular weight is 701 g/mol. The lowest BCUT2D eigenvalue weighted by Gasteiger charge is -2.60. The largest absolute Gasteiger partial charge is 0.497 e. The lowest BCUT2D eigenvalue weighted by atomic mass is 9.47. The molecular formula is C33H46F6O7S. The summed E-state index contributed by atoms with van der Waals surface area (Å²) in [7, 11) is -5.52. The summed E-state index contributed by atoms with van der Waals surface area (Å²) in [6.07, 6.45) is -0.220. The SMILES string of the molecule is CCC(C)(C)C(=O)OC12CC3CC(C1)CC(C(=O)CS(=O)(=O)C(F)(F)F)(C3)C2.CCC(C)c1ccc(OCC(C)(O)C(F)(F)F)cc1. The second kappa shape index (κ2) is 13.5. The minimum atomic E-state index is -5.52. The number of aliphatic hydroxyl groups is 1. The quantitative estimate of drug-likeness (QED) is 0.186. The monoisotopic (exact) mass is 700 g/mol. The molecule has 4 atom stereocenters. The van der Waals surface area contributed by atoms with Crippen LogP contribution < -0.4 is 4.74 Å². The molecule has 1 aromatic rings. The molecule has 0 radical (unpaired) electrons. The maximum absolute atomic E-state index is 12.8. The first-order valence-electron chi connectivity index (χ1n) is 15.9. The van der Waals surface area contributed by atoms with Crippen LogP contribution >= 0.6 is 0 Å². The van der Waals surface area contributed by atoms with Crippen molar-refractivity contribution in [1.29, 1.82) is 0 Å². The predicted molar refractivity (Wildman–Crippen MR) is 162 cm³/mol. The van der Waals surface area contributed by atoms with Crippen molar-refractivity contribution in [3.63, 3.8) is 0 Å². The molecule has 0 aliphatic heterocycles. The summed E-state index contributed by atoms with van der Waals surface area (Å²) in [5.74, 6) is -1.94. The number of esters is 1. The van der Waals surface area contributed by atoms with Crippen molar-refractivity contribution in [3.05, 3.63) is 29.8 Å². The van der Waals surface area contributed by atoms with Crippen LogP contribution in [0.3, 0.4) is 0 Å². The highest BCUT2D eigenvalue weighted by atomic mass is 32.2. The van der Waals surface area contributed by atoms with Gasteiger partial charge in [-0.1, -0.05) is 32.9 Å². The number of ether oxygens (including phenoxy) is 2. The normalized spacial score (nSPS) is 27.7. The molecule has 268 valence electrons. The van der Waals surface area contributed by atoms with Crippen molar-refractivity contribution >= 4 is 21.6 Å². The number of Topliss-reactive ketones (excluding diaryl/α,β-unsaturated/α-hetero) is 1. The Hall–Kier alpha value is -2.35. The van der Waals surface area contributed by atoms with E-state index in [2.05, 4.69) is 13.8 Å². The molecule has 4 saturated carbocycles. The summed E-state index contributed by atoms with van der Waals surface area (Å²) in [6, 6.07) is 6.89. The summed E-state index contributed by atoms with van der Waals surface area (Å²) < 4.78 is 110. The van der Waals surface area contributed by atoms with E-state index in [4.69, 9.17) is 9.47 Å². The number of halogens is 6. The zero-order valence-corrected chi connectivity index (χ0v) is 28.5. The number of carbonyl (C=O) groups is 2. The van der Waals surface area contributed by atoms with E-state index in [0.29, 0.717) is 50.7 Å². The van der Waals surface area contributed by atoms with E-state index >= 15 is 0 Å². The number of carbonyl (C=O) groups excluding carboxylic acids is 2. The second-order valence-electron chi connectivity index (χ2n) is 14.6. The maximum atomic E-state index is 12.8. The van der Waals surface area contributed by atoms with Gasteiger partial charge in [-0.3, -0.25) is 9.59 Å². The van der Waals surface area contributed by atoms with Crippen molar-refractivity contribution < 1.29 is 58.9 Å². The van der Waals surface area contributed by atoms with Gasteiger partial charge in [0, 0.05) is 5.41 Å². The van der Waals surface area contributed by atoms with E-state index in [-0.39, 0.29) is 24.2 Å². The lowest BCUT2D eigenvalue weighted by molar-refractivity contribution is -0.260. The van der Waals surface area contributed by atoms with E-state index in [0.717, 1.165) is 18.4 Å². The van der Waals surface area contributed by atoms with Gasteiger partial charge in [0.15, 0.2) is 11.4 Å². The Morgan fingerprint density at radius 2 is 1.49 bits per heavy atom. The number of rotatable bonds is 11. The zero-order chi connectivity index (χ0) is 35.9. The third-order valence-corrected chi connectivity index (χ3v) is 11.6. The molecule has 4 fully saturated rings. The first-order chi connectivity index (χ1) is 21.3. The van der Waals surface area contributed by atoms with Crippen molar-refractivity contribution in [2.45, 2.75) is 122 Å². The van der Waals surface area contributed by atoms with Crippen molar-refractivity contribution in [2.24, 2.45) is 22.7 Å². The van der Waals surface area contributed by atoms with Gasteiger partial charge in [0.05, 0.1) is 5.41 Å². The van der Waals surface area contributed by atoms with Crippen LogP contribution in [0.25, 0.3) is 0 Å². The smallest absolute Gasteiger partial charge is 0.490 e. The molecule has 5 rings (SSSR count). The molecule has 0 aromatic heterocycles. The molecule has 0 heterocycles. The summed E-state index contributed by atoms with van der Waals surface area (Å²) in [5, 5.41) is 9.24. The molecule has 7 nitrogen and oxygen atoms in total. The van der Waals surface area contributed by atoms with Gasteiger partial charge in [-0.15, -0.1) is 0 Å². The molecule has 1 N–H and O–H groups in total. The van der Waals surface area contributed by atoms with Crippen LogP contribution in [0.2, 0.25) is 0 Å². The van der Waals surface area contributed by atoms with Gasteiger partial charge >= 0.3 is 17.7 Å². The summed E-state index contributed by atoms with van der Waals surface area (Å²) in [5.41, 5.74) is -9.88. The van der Waals surface area contributed by atoms with Crippen LogP contribution in [0.1, 0.15) is 104 Å². The molecule has 4 aliphatic rings. The molecule has 1 aromatic carbocycles. The Morgan fingerprint density at radius 1 is 0.957 bits per heavy atom. The number of hydrogen-bond acceptors (Lipinski definition) is 7. The summed E-state index contributed by atoms with van der Waals surface area (Å²) in [4.78, 5) is 25.5. The van der Waals surface area contributed by atoms with Gasteiger partial charge in [0.1, 0.15) is 23.7 Å². The van der Waals surface area contributed by atoms with Gasteiger partial charge in [-0.25, -0.2) is 8.42 Å². The highest BCUT2D eigenvalue weighted by molar-refractivity contribution is 7.92. The summed E-state index contributed by atoms with van der Waals surface area (Å²) in [6.45, 7) is 9.42. The van der Waals surface area contributed by atoms with Gasteiger partial charge < -0.3 is 14.6 Å². The highest BCUT2D eigenvalue weighted by Gasteiger charge is 2.63. The topological polar surface area (TPSA) is 107 Å². The van der Waals surface area contributed by atoms with E-state index in [1.165, 1.54) is 0 Å². The van der Waals surface area contributed by atoms with Gasteiger partial charge in [-0.2, -0.15) is 26.3 Å². The second-order valence-corrected chi connectivity index (χ2v) is 16.6. The van der Waals surface area contributed by atoms with Crippen LogP contribution in [0.15, 0.2) is 24.3 Å². The first kappa shape index (κ1) is 39.1. The van der Waals surface area contributed by atoms with Crippen LogP contribution in [-0.2, 0) is 24.2 Å². The van der Waals surface area contributed by atoms with E-state index in [9.17, 15) is 49.5 Å². The van der Waals surface area contributed by atoms with Crippen LogP contribution in [-0.4, -0.2) is 60.5 Å². The fraction of sp³-hybridized carbons (Fsp3) is 0.758. The van der Waals surface area contributed by atoms with Crippen LogP contribution in [0, 0.1) is 22.7 Å². The molecule has 47 heavy (non-hydrogen) atoms. The third-order valence-electron chi connectivity index (χ3n) is 10.2. The molecular weight excluding hydrogens is 654 g/mol. The maximum Gasteiger partial charge on any atom is 0.497 e. The number of alkyl halides is 6. The van der Waals surface area contributed by atoms with Crippen molar-refractivity contribution in [3.8, 4) is 5.75 Å². The zero-order valence-electron chi connectivity index (χ0n) is 27.7. The standard InChI is InChI=1S/C19H27F3O5S.C14H19F3O2/c1-4-16(2,3)15(24)27-18-8-12-5-13(9-18)7-17(6-12,11-18)14(23)10-28(25,26)19(20,21)22;1-4-10(2)11-5-7-12(8-6-11)19-9-13(3,18)14(15,16)17/h12-13H,4-11H2,1-3H3;5-8,10,18H,4,9H2,1-3H3. The van der Waals surface area contributed by atoms with Crippen molar-refractivity contribution in [1.82, 2.24) is 0 Å². The third kappa shape index (κ3) is 8.82. The van der Waals surface area contributed by atoms with Crippen LogP contribution in [0.4, 0.5) is 26.3 Å². The Morgan fingerprint density at radius 3 is 1.94 bits per heavy atom. The molecule has 14 heteroatoms. The van der Waals surface area contributed by atoms with Crippen LogP contribution in [0.5, 0.6) is 5.75 Å². The lowest BCUT2D eigenvalue weighted by Crippen LogP contribution is -2.61. The molecule has 4 bridgehead atoms. The number of hydrogen-bond donors (Lipinski definition) is 1. The van der Waals surface area contributed by atoms with Gasteiger partial charge in [0.25, 0.3) is 9.84 Å². The number of ketones is 1. The molecule has 0 amide bonds. The van der Waals surface area contributed by atoms with E-state index < -0.39 is 61.7 Å². The fourth-order valence-corrected chi connectivity index (χ4v) is 7.76. The first-order valence-corrected chi connectivity index (χ1v) is 17.5. The number of benzene rings is 1. The van der Waals surface area contributed by atoms with Crippen molar-refractivity contribution in [2.75, 3.05) is 12.4 Å². The molecule has 4 unspecified atom stereocenters. The molecule has 0 saturated heterocycles. The van der Waals surface area contributed by atoms with Gasteiger partial charge in [-0.05, 0) is 108 Å². The fourth-order valence-electron chi connectivity index (χ4n) is 6.94. The van der Waals surface area contributed by atoms with Gasteiger partial charge in [0.2, 0.25) is 0 Å². The van der Waals surface area contributed by atoms with E-state index in [1.54, 1.807) is 26.0 Å². The highest BCUT2D eigenvalue weighted by Crippen LogP contribution is 2.63. The Bertz CT molecular complexity index is 1370. The summed E-state index contributed by atoms with van der Waals surface area (Å²) >= 11 is 0. The average Bonchev–Trinajstić information content (AvgIpc) is 2.94.